The summed E-state index contributed by atoms with van der Waals surface area (Å²) in [6.45, 7) is 2.07. The highest BCUT2D eigenvalue weighted by molar-refractivity contribution is 9.10. The number of aromatic nitrogens is 1. The van der Waals surface area contributed by atoms with Crippen LogP contribution in [0.5, 0.6) is 5.75 Å². The van der Waals surface area contributed by atoms with Gasteiger partial charge in [-0.1, -0.05) is 22.0 Å². The van der Waals surface area contributed by atoms with Crippen molar-refractivity contribution in [2.75, 3.05) is 0 Å². The van der Waals surface area contributed by atoms with Gasteiger partial charge in [0.05, 0.1) is 0 Å². The summed E-state index contributed by atoms with van der Waals surface area (Å²) in [6.07, 6.45) is 4.42. The highest BCUT2D eigenvalue weighted by Gasteiger charge is 2.28. The van der Waals surface area contributed by atoms with Crippen LogP contribution >= 0.6 is 15.9 Å². The number of aryl methyl sites for hydroxylation is 1. The molecule has 1 aliphatic heterocycles. The average Bonchev–Trinajstić information content (AvgIpc) is 2.38. The monoisotopic (exact) mass is 318 g/mol. The molecule has 2 heterocycles. The van der Waals surface area contributed by atoms with Gasteiger partial charge in [0.25, 0.3) is 0 Å². The van der Waals surface area contributed by atoms with Gasteiger partial charge >= 0.3 is 0 Å². The van der Waals surface area contributed by atoms with Crippen molar-refractivity contribution in [2.45, 2.75) is 25.5 Å². The molecule has 4 heteroatoms. The van der Waals surface area contributed by atoms with Crippen molar-refractivity contribution in [1.82, 2.24) is 4.98 Å². The largest absolute Gasteiger partial charge is 0.485 e. The molecule has 0 saturated carbocycles. The number of benzene rings is 1. The summed E-state index contributed by atoms with van der Waals surface area (Å²) in [7, 11) is 0. The SMILES string of the molecule is Cc1ccncc1C1C[C@@H](N)c2ccc(Br)cc2O1. The fraction of sp³-hybridized carbons (Fsp3) is 0.267. The molecule has 2 aromatic rings. The zero-order valence-corrected chi connectivity index (χ0v) is 12.2. The van der Waals surface area contributed by atoms with Crippen molar-refractivity contribution in [3.63, 3.8) is 0 Å². The molecule has 2 N–H and O–H groups in total. The van der Waals surface area contributed by atoms with Crippen molar-refractivity contribution >= 4 is 15.9 Å². The van der Waals surface area contributed by atoms with Crippen molar-refractivity contribution in [3.8, 4) is 5.75 Å². The van der Waals surface area contributed by atoms with Crippen LogP contribution in [0.25, 0.3) is 0 Å². The minimum absolute atomic E-state index is 0.00135. The summed E-state index contributed by atoms with van der Waals surface area (Å²) >= 11 is 3.47. The highest BCUT2D eigenvalue weighted by atomic mass is 79.9. The third-order valence-corrected chi connectivity index (χ3v) is 4.03. The number of nitrogens with two attached hydrogens (primary N) is 1. The van der Waals surface area contributed by atoms with Gasteiger partial charge in [-0.25, -0.2) is 0 Å². The van der Waals surface area contributed by atoms with Gasteiger partial charge in [0.15, 0.2) is 0 Å². The van der Waals surface area contributed by atoms with Crippen LogP contribution in [0.1, 0.15) is 35.3 Å². The quantitative estimate of drug-likeness (QED) is 0.872. The first-order chi connectivity index (χ1) is 9.15. The molecule has 1 unspecified atom stereocenters. The van der Waals surface area contributed by atoms with E-state index in [2.05, 4.69) is 27.8 Å². The first kappa shape index (κ1) is 12.6. The number of ether oxygens (including phenoxy) is 1. The Morgan fingerprint density at radius 1 is 1.32 bits per heavy atom. The number of fused-ring (bicyclic) bond motifs is 1. The van der Waals surface area contributed by atoms with Crippen LogP contribution in [0.15, 0.2) is 41.1 Å². The van der Waals surface area contributed by atoms with Crippen molar-refractivity contribution in [3.05, 3.63) is 57.8 Å². The van der Waals surface area contributed by atoms with Crippen LogP contribution in [0.2, 0.25) is 0 Å². The summed E-state index contributed by atoms with van der Waals surface area (Å²) in [5.41, 5.74) is 9.63. The van der Waals surface area contributed by atoms with Crippen LogP contribution in [0.3, 0.4) is 0 Å². The molecule has 0 radical (unpaired) electrons. The van der Waals surface area contributed by atoms with Crippen LogP contribution in [0.4, 0.5) is 0 Å². The first-order valence-electron chi connectivity index (χ1n) is 6.27. The predicted octanol–water partition coefficient (Wildman–Crippen LogP) is 3.68. The van der Waals surface area contributed by atoms with Crippen LogP contribution < -0.4 is 10.5 Å². The number of halogens is 1. The third kappa shape index (κ3) is 2.38. The summed E-state index contributed by atoms with van der Waals surface area (Å²) in [5, 5.41) is 0. The molecule has 1 aliphatic rings. The fourth-order valence-corrected chi connectivity index (χ4v) is 2.82. The molecule has 3 rings (SSSR count). The van der Waals surface area contributed by atoms with E-state index in [1.807, 2.05) is 30.5 Å². The van der Waals surface area contributed by atoms with Crippen molar-refractivity contribution < 1.29 is 4.74 Å². The Balaban J connectivity index is 1.99. The smallest absolute Gasteiger partial charge is 0.127 e. The number of hydrogen-bond acceptors (Lipinski definition) is 3. The molecule has 0 amide bonds. The lowest BCUT2D eigenvalue weighted by atomic mass is 9.93. The zero-order chi connectivity index (χ0) is 13.4. The molecule has 0 saturated heterocycles. The standard InChI is InChI=1S/C15H15BrN2O/c1-9-4-5-18-8-12(9)15-7-13(17)11-3-2-10(16)6-14(11)19-15/h2-6,8,13,15H,7,17H2,1H3/t13-,15?/m1/s1. The van der Waals surface area contributed by atoms with E-state index in [4.69, 9.17) is 10.5 Å². The number of nitrogens with zero attached hydrogens (tertiary/aromatic N) is 1. The molecule has 3 nitrogen and oxygen atoms in total. The summed E-state index contributed by atoms with van der Waals surface area (Å²) in [6, 6.07) is 8.00. The lowest BCUT2D eigenvalue weighted by molar-refractivity contribution is 0.160. The molecule has 19 heavy (non-hydrogen) atoms. The van der Waals surface area contributed by atoms with E-state index in [1.54, 1.807) is 6.20 Å². The second kappa shape index (κ2) is 4.94. The molecule has 0 spiro atoms. The van der Waals surface area contributed by atoms with Gasteiger partial charge in [0, 0.05) is 40.5 Å². The minimum atomic E-state index is -0.0227. The van der Waals surface area contributed by atoms with E-state index in [0.29, 0.717) is 0 Å². The zero-order valence-electron chi connectivity index (χ0n) is 10.6. The molecule has 0 aliphatic carbocycles. The maximum Gasteiger partial charge on any atom is 0.127 e. The maximum atomic E-state index is 6.26. The third-order valence-electron chi connectivity index (χ3n) is 3.54. The molecular formula is C15H15BrN2O. The molecule has 0 fully saturated rings. The second-order valence-electron chi connectivity index (χ2n) is 4.86. The Morgan fingerprint density at radius 3 is 2.95 bits per heavy atom. The van der Waals surface area contributed by atoms with Gasteiger partial charge in [0.2, 0.25) is 0 Å². The van der Waals surface area contributed by atoms with Crippen LogP contribution in [-0.4, -0.2) is 4.98 Å². The Morgan fingerprint density at radius 2 is 2.16 bits per heavy atom. The van der Waals surface area contributed by atoms with E-state index in [0.717, 1.165) is 27.8 Å². The van der Waals surface area contributed by atoms with Crippen LogP contribution in [0, 0.1) is 6.92 Å². The predicted molar refractivity (Wildman–Crippen MR) is 78.0 cm³/mol. The van der Waals surface area contributed by atoms with Crippen molar-refractivity contribution in [2.24, 2.45) is 5.73 Å². The highest BCUT2D eigenvalue weighted by Crippen LogP contribution is 2.41. The van der Waals surface area contributed by atoms with E-state index >= 15 is 0 Å². The average molecular weight is 319 g/mol. The summed E-state index contributed by atoms with van der Waals surface area (Å²) < 4.78 is 7.10. The molecule has 1 aromatic heterocycles. The first-order valence-corrected chi connectivity index (χ1v) is 7.06. The van der Waals surface area contributed by atoms with Gasteiger partial charge in [-0.2, -0.15) is 0 Å². The topological polar surface area (TPSA) is 48.1 Å². The normalized spacial score (nSPS) is 21.6. The van der Waals surface area contributed by atoms with Gasteiger partial charge in [0.1, 0.15) is 11.9 Å². The number of pyridine rings is 1. The molecule has 1 aromatic carbocycles. The minimum Gasteiger partial charge on any atom is -0.485 e. The summed E-state index contributed by atoms with van der Waals surface area (Å²) in [4.78, 5) is 4.19. The van der Waals surface area contributed by atoms with E-state index in [1.165, 1.54) is 5.56 Å². The van der Waals surface area contributed by atoms with E-state index in [9.17, 15) is 0 Å². The molecule has 2 atom stereocenters. The summed E-state index contributed by atoms with van der Waals surface area (Å²) in [5.74, 6) is 0.862. The Bertz CT molecular complexity index is 615. The van der Waals surface area contributed by atoms with Gasteiger partial charge < -0.3 is 10.5 Å². The lowest BCUT2D eigenvalue weighted by Crippen LogP contribution is -2.24. The maximum absolute atomic E-state index is 6.26. The van der Waals surface area contributed by atoms with E-state index in [-0.39, 0.29) is 12.1 Å². The molecule has 0 bridgehead atoms. The fourth-order valence-electron chi connectivity index (χ4n) is 2.48. The van der Waals surface area contributed by atoms with Crippen molar-refractivity contribution in [1.29, 1.82) is 0 Å². The van der Waals surface area contributed by atoms with Crippen LogP contribution in [-0.2, 0) is 0 Å². The molecule has 98 valence electrons. The van der Waals surface area contributed by atoms with Gasteiger partial charge in [-0.05, 0) is 30.7 Å². The number of rotatable bonds is 1. The lowest BCUT2D eigenvalue weighted by Gasteiger charge is -2.31. The molecular weight excluding hydrogens is 304 g/mol. The Labute approximate surface area is 120 Å². The Hall–Kier alpha value is -1.39. The number of hydrogen-bond donors (Lipinski definition) is 1. The Kier molecular flexibility index (Phi) is 3.29. The second-order valence-corrected chi connectivity index (χ2v) is 5.78. The van der Waals surface area contributed by atoms with E-state index < -0.39 is 0 Å². The van der Waals surface area contributed by atoms with Gasteiger partial charge in [-0.3, -0.25) is 4.98 Å². The van der Waals surface area contributed by atoms with Gasteiger partial charge in [-0.15, -0.1) is 0 Å².